The topological polar surface area (TPSA) is 76.3 Å². The maximum absolute atomic E-state index is 5.94. The number of ether oxygens (including phenoxy) is 1. The molecule has 1 aromatic carbocycles. The van der Waals surface area contributed by atoms with E-state index in [-0.39, 0.29) is 0 Å². The summed E-state index contributed by atoms with van der Waals surface area (Å²) in [5, 5.41) is 4.27. The molecule has 0 bridgehead atoms. The Morgan fingerprint density at radius 2 is 1.85 bits per heavy atom. The Kier molecular flexibility index (Phi) is 3.64. The number of benzene rings is 1. The molecular formula is C19H17N5O2. The van der Waals surface area contributed by atoms with E-state index in [1.165, 1.54) is 0 Å². The summed E-state index contributed by atoms with van der Waals surface area (Å²) in [6, 6.07) is 11.8. The van der Waals surface area contributed by atoms with Crippen molar-refractivity contribution in [2.75, 3.05) is 36.5 Å². The molecule has 4 aromatic rings. The number of fused-ring (bicyclic) bond motifs is 3. The Hall–Kier alpha value is -3.19. The van der Waals surface area contributed by atoms with Crippen LogP contribution in [-0.2, 0) is 4.74 Å². The maximum atomic E-state index is 5.94. The van der Waals surface area contributed by atoms with E-state index in [1.54, 1.807) is 12.5 Å². The predicted octanol–water partition coefficient (Wildman–Crippen LogP) is 3.35. The summed E-state index contributed by atoms with van der Waals surface area (Å²) in [6.07, 6.45) is 3.35. The Balaban J connectivity index is 1.45. The molecule has 0 atom stereocenters. The molecule has 0 spiro atoms. The quantitative estimate of drug-likeness (QED) is 0.609. The number of furan rings is 1. The van der Waals surface area contributed by atoms with Gasteiger partial charge in [-0.05, 0) is 24.3 Å². The maximum Gasteiger partial charge on any atom is 0.196 e. The molecule has 130 valence electrons. The Morgan fingerprint density at radius 3 is 2.69 bits per heavy atom. The monoisotopic (exact) mass is 347 g/mol. The third kappa shape index (κ3) is 2.62. The van der Waals surface area contributed by atoms with Crippen molar-refractivity contribution in [3.63, 3.8) is 0 Å². The molecule has 0 saturated carbocycles. The van der Waals surface area contributed by atoms with Crippen LogP contribution in [0.5, 0.6) is 0 Å². The molecule has 26 heavy (non-hydrogen) atoms. The zero-order valence-electron chi connectivity index (χ0n) is 14.1. The molecular weight excluding hydrogens is 330 g/mol. The van der Waals surface area contributed by atoms with E-state index in [2.05, 4.69) is 25.2 Å². The van der Waals surface area contributed by atoms with Gasteiger partial charge in [-0.25, -0.2) is 15.0 Å². The molecule has 1 aliphatic heterocycles. The minimum atomic E-state index is 0.632. The summed E-state index contributed by atoms with van der Waals surface area (Å²) >= 11 is 0. The predicted molar refractivity (Wildman–Crippen MR) is 99.9 cm³/mol. The normalized spacial score (nSPS) is 14.8. The second-order valence-corrected chi connectivity index (χ2v) is 6.13. The number of aromatic nitrogens is 3. The Morgan fingerprint density at radius 1 is 0.962 bits per heavy atom. The zero-order valence-corrected chi connectivity index (χ0v) is 14.1. The third-order valence-corrected chi connectivity index (χ3v) is 4.50. The van der Waals surface area contributed by atoms with Crippen LogP contribution in [0.25, 0.3) is 22.1 Å². The first-order valence-electron chi connectivity index (χ1n) is 8.56. The molecule has 3 aromatic heterocycles. The summed E-state index contributed by atoms with van der Waals surface area (Å²) in [6.45, 7) is 3.22. The van der Waals surface area contributed by atoms with E-state index in [0.717, 1.165) is 54.3 Å². The van der Waals surface area contributed by atoms with Crippen LogP contribution >= 0.6 is 0 Å². The van der Waals surface area contributed by atoms with Gasteiger partial charge in [0.2, 0.25) is 0 Å². The largest absolute Gasteiger partial charge is 0.450 e. The number of nitrogens with one attached hydrogen (secondary N) is 1. The lowest BCUT2D eigenvalue weighted by molar-refractivity contribution is 0.122. The highest BCUT2D eigenvalue weighted by atomic mass is 16.5. The fourth-order valence-electron chi connectivity index (χ4n) is 3.19. The molecule has 0 radical (unpaired) electrons. The van der Waals surface area contributed by atoms with Gasteiger partial charge in [-0.15, -0.1) is 0 Å². The summed E-state index contributed by atoms with van der Waals surface area (Å²) in [5.74, 6) is 1.59. The average molecular weight is 347 g/mol. The minimum absolute atomic E-state index is 0.632. The Bertz CT molecular complexity index is 1050. The average Bonchev–Trinajstić information content (AvgIpc) is 3.09. The first kappa shape index (κ1) is 15.1. The summed E-state index contributed by atoms with van der Waals surface area (Å²) < 4.78 is 11.3. The van der Waals surface area contributed by atoms with Crippen LogP contribution < -0.4 is 10.2 Å². The van der Waals surface area contributed by atoms with E-state index in [4.69, 9.17) is 9.15 Å². The van der Waals surface area contributed by atoms with Crippen LogP contribution in [0.15, 0.2) is 53.3 Å². The van der Waals surface area contributed by atoms with Crippen molar-refractivity contribution >= 4 is 39.4 Å². The van der Waals surface area contributed by atoms with Crippen molar-refractivity contribution in [2.45, 2.75) is 0 Å². The van der Waals surface area contributed by atoms with Crippen molar-refractivity contribution in [1.29, 1.82) is 0 Å². The summed E-state index contributed by atoms with van der Waals surface area (Å²) in [4.78, 5) is 15.5. The zero-order chi connectivity index (χ0) is 17.3. The third-order valence-electron chi connectivity index (χ3n) is 4.50. The highest BCUT2D eigenvalue weighted by Crippen LogP contribution is 2.31. The fraction of sp³-hybridized carbons (Fsp3) is 0.211. The van der Waals surface area contributed by atoms with Crippen LogP contribution in [0.3, 0.4) is 0 Å². The number of para-hydroxylation sites is 1. The van der Waals surface area contributed by atoms with Gasteiger partial charge >= 0.3 is 0 Å². The molecule has 0 unspecified atom stereocenters. The molecule has 5 rings (SSSR count). The number of pyridine rings is 1. The summed E-state index contributed by atoms with van der Waals surface area (Å²) in [5.41, 5.74) is 3.09. The lowest BCUT2D eigenvalue weighted by Gasteiger charge is -2.27. The highest BCUT2D eigenvalue weighted by molar-refractivity contribution is 6.05. The van der Waals surface area contributed by atoms with Gasteiger partial charge in [-0.3, -0.25) is 0 Å². The molecule has 1 aliphatic rings. The van der Waals surface area contributed by atoms with Gasteiger partial charge in [0.15, 0.2) is 11.4 Å². The lowest BCUT2D eigenvalue weighted by atomic mass is 10.2. The van der Waals surface area contributed by atoms with E-state index in [1.807, 2.05) is 36.4 Å². The molecule has 1 N–H and O–H groups in total. The van der Waals surface area contributed by atoms with Crippen molar-refractivity contribution in [2.24, 2.45) is 0 Å². The molecule has 7 heteroatoms. The lowest BCUT2D eigenvalue weighted by Crippen LogP contribution is -2.36. The van der Waals surface area contributed by atoms with Gasteiger partial charge in [0, 0.05) is 18.5 Å². The second-order valence-electron chi connectivity index (χ2n) is 6.13. The van der Waals surface area contributed by atoms with Gasteiger partial charge < -0.3 is 19.4 Å². The van der Waals surface area contributed by atoms with E-state index in [9.17, 15) is 0 Å². The SMILES string of the molecule is c1ccc2c(c1)oc1c(Nc3ccc(N4CCOCC4)nc3)ncnc12. The smallest absolute Gasteiger partial charge is 0.196 e. The molecule has 4 heterocycles. The Labute approximate surface area is 149 Å². The van der Waals surface area contributed by atoms with Crippen molar-refractivity contribution in [1.82, 2.24) is 15.0 Å². The number of morpholine rings is 1. The summed E-state index contributed by atoms with van der Waals surface area (Å²) in [7, 11) is 0. The molecule has 0 amide bonds. The number of rotatable bonds is 3. The van der Waals surface area contributed by atoms with Crippen molar-refractivity contribution in [3.05, 3.63) is 48.9 Å². The first-order chi connectivity index (χ1) is 12.9. The van der Waals surface area contributed by atoms with Gasteiger partial charge in [0.25, 0.3) is 0 Å². The fourth-order valence-corrected chi connectivity index (χ4v) is 3.19. The van der Waals surface area contributed by atoms with E-state index < -0.39 is 0 Å². The first-order valence-corrected chi connectivity index (χ1v) is 8.56. The van der Waals surface area contributed by atoms with Gasteiger partial charge in [-0.1, -0.05) is 12.1 Å². The van der Waals surface area contributed by atoms with Crippen molar-refractivity contribution in [3.8, 4) is 0 Å². The van der Waals surface area contributed by atoms with Crippen LogP contribution in [0.4, 0.5) is 17.3 Å². The van der Waals surface area contributed by atoms with Gasteiger partial charge in [-0.2, -0.15) is 0 Å². The van der Waals surface area contributed by atoms with E-state index >= 15 is 0 Å². The number of hydrogen-bond donors (Lipinski definition) is 1. The molecule has 0 aliphatic carbocycles. The molecule has 1 fully saturated rings. The second kappa shape index (κ2) is 6.27. The van der Waals surface area contributed by atoms with Crippen LogP contribution in [0.1, 0.15) is 0 Å². The number of nitrogens with zero attached hydrogens (tertiary/aromatic N) is 4. The van der Waals surface area contributed by atoms with E-state index in [0.29, 0.717) is 11.4 Å². The highest BCUT2D eigenvalue weighted by Gasteiger charge is 2.14. The number of anilines is 3. The van der Waals surface area contributed by atoms with Crippen LogP contribution in [0, 0.1) is 0 Å². The van der Waals surface area contributed by atoms with Gasteiger partial charge in [0.05, 0.1) is 25.1 Å². The number of hydrogen-bond acceptors (Lipinski definition) is 7. The molecule has 7 nitrogen and oxygen atoms in total. The van der Waals surface area contributed by atoms with Crippen LogP contribution in [0.2, 0.25) is 0 Å². The minimum Gasteiger partial charge on any atom is -0.450 e. The van der Waals surface area contributed by atoms with Crippen molar-refractivity contribution < 1.29 is 9.15 Å². The standard InChI is InChI=1S/C19H17N5O2/c1-2-4-15-14(3-1)17-18(26-15)19(22-12-21-17)23-13-5-6-16(20-11-13)24-7-9-25-10-8-24/h1-6,11-12H,7-10H2,(H,21,22,23). The van der Waals surface area contributed by atoms with Crippen LogP contribution in [-0.4, -0.2) is 41.3 Å². The molecule has 1 saturated heterocycles. The van der Waals surface area contributed by atoms with Gasteiger partial charge in [0.1, 0.15) is 23.2 Å².